The second kappa shape index (κ2) is 5.75. The molecule has 92 valence electrons. The number of nitrogens with zero attached hydrogens (tertiary/aromatic N) is 2. The summed E-state index contributed by atoms with van der Waals surface area (Å²) in [6.07, 6.45) is 3.42. The van der Waals surface area contributed by atoms with Crippen LogP contribution in [0.25, 0.3) is 0 Å². The van der Waals surface area contributed by atoms with E-state index in [1.165, 1.54) is 0 Å². The van der Waals surface area contributed by atoms with Crippen LogP contribution in [0.1, 0.15) is 12.8 Å². The van der Waals surface area contributed by atoms with Crippen LogP contribution < -0.4 is 0 Å². The Kier molecular flexibility index (Phi) is 4.32. The third kappa shape index (κ3) is 3.27. The molecule has 0 saturated carbocycles. The predicted octanol–water partition coefficient (Wildman–Crippen LogP) is 0.228. The smallest absolute Gasteiger partial charge is 0.125 e. The average Bonchev–Trinajstić information content (AvgIpc) is 2.33. The van der Waals surface area contributed by atoms with Crippen molar-refractivity contribution >= 4 is 6.29 Å². The molecule has 0 amide bonds. The Labute approximate surface area is 97.5 Å². The minimum Gasteiger partial charge on any atom is -0.376 e. The Morgan fingerprint density at radius 2 is 2.00 bits per heavy atom. The highest BCUT2D eigenvalue weighted by Crippen LogP contribution is 2.18. The number of likely N-dealkylation sites (N-methyl/N-ethyl adjacent to an activating group) is 1. The van der Waals surface area contributed by atoms with E-state index in [2.05, 4.69) is 16.8 Å². The summed E-state index contributed by atoms with van der Waals surface area (Å²) in [6, 6.07) is 0. The van der Waals surface area contributed by atoms with Gasteiger partial charge in [-0.15, -0.1) is 0 Å². The number of hydrogen-bond donors (Lipinski definition) is 0. The molecule has 2 atom stereocenters. The number of ether oxygens (including phenoxy) is 1. The number of hydrogen-bond acceptors (Lipinski definition) is 4. The molecule has 0 bridgehead atoms. The molecule has 0 aliphatic carbocycles. The summed E-state index contributed by atoms with van der Waals surface area (Å²) < 4.78 is 5.72. The van der Waals surface area contributed by atoms with Crippen LogP contribution in [-0.4, -0.2) is 68.6 Å². The summed E-state index contributed by atoms with van der Waals surface area (Å²) in [5, 5.41) is 0. The Balaban J connectivity index is 1.68. The van der Waals surface area contributed by atoms with Gasteiger partial charge in [0.1, 0.15) is 6.29 Å². The normalized spacial score (nSPS) is 33.8. The summed E-state index contributed by atoms with van der Waals surface area (Å²) >= 11 is 0. The summed E-state index contributed by atoms with van der Waals surface area (Å²) in [7, 11) is 2.17. The van der Waals surface area contributed by atoms with Gasteiger partial charge in [-0.1, -0.05) is 0 Å². The third-order valence-electron chi connectivity index (χ3n) is 3.66. The van der Waals surface area contributed by atoms with Gasteiger partial charge in [0.05, 0.1) is 12.7 Å². The van der Waals surface area contributed by atoms with E-state index in [0.717, 1.165) is 51.9 Å². The van der Waals surface area contributed by atoms with E-state index in [4.69, 9.17) is 4.74 Å². The lowest BCUT2D eigenvalue weighted by molar-refractivity contribution is -0.117. The number of carbonyl (C=O) groups is 1. The molecular weight excluding hydrogens is 204 g/mol. The first-order valence-corrected chi connectivity index (χ1v) is 6.25. The van der Waals surface area contributed by atoms with Crippen LogP contribution in [0.5, 0.6) is 0 Å². The maximum atomic E-state index is 10.6. The molecule has 0 radical (unpaired) electrons. The minimum atomic E-state index is 0.142. The second-order valence-corrected chi connectivity index (χ2v) is 5.03. The Bertz CT molecular complexity index is 219. The molecule has 2 aliphatic heterocycles. The fourth-order valence-corrected chi connectivity index (χ4v) is 2.40. The molecule has 0 unspecified atom stereocenters. The van der Waals surface area contributed by atoms with Crippen LogP contribution in [0.15, 0.2) is 0 Å². The maximum Gasteiger partial charge on any atom is 0.125 e. The number of carbonyl (C=O) groups excluding carboxylic acids is 1. The molecule has 2 saturated heterocycles. The van der Waals surface area contributed by atoms with Crippen LogP contribution >= 0.6 is 0 Å². The fraction of sp³-hybridized carbons (Fsp3) is 0.917. The van der Waals surface area contributed by atoms with E-state index >= 15 is 0 Å². The lowest BCUT2D eigenvalue weighted by atomic mass is 9.99. The second-order valence-electron chi connectivity index (χ2n) is 5.03. The zero-order chi connectivity index (χ0) is 11.4. The lowest BCUT2D eigenvalue weighted by Gasteiger charge is -2.36. The number of rotatable bonds is 3. The lowest BCUT2D eigenvalue weighted by Crippen LogP contribution is -2.48. The van der Waals surface area contributed by atoms with Crippen molar-refractivity contribution in [1.82, 2.24) is 9.80 Å². The van der Waals surface area contributed by atoms with Crippen molar-refractivity contribution in [3.63, 3.8) is 0 Å². The van der Waals surface area contributed by atoms with Gasteiger partial charge in [-0.3, -0.25) is 4.90 Å². The van der Waals surface area contributed by atoms with Crippen LogP contribution in [0.4, 0.5) is 0 Å². The SMILES string of the molecule is CN1CCN(C[C@@H]2CC[C@@H](C=O)CO2)CC1. The van der Waals surface area contributed by atoms with Gasteiger partial charge in [0.2, 0.25) is 0 Å². The van der Waals surface area contributed by atoms with Gasteiger partial charge in [-0.2, -0.15) is 0 Å². The van der Waals surface area contributed by atoms with E-state index in [0.29, 0.717) is 12.7 Å². The summed E-state index contributed by atoms with van der Waals surface area (Å²) in [5.74, 6) is 0.142. The molecule has 0 aromatic heterocycles. The highest BCUT2D eigenvalue weighted by Gasteiger charge is 2.24. The van der Waals surface area contributed by atoms with Gasteiger partial charge in [-0.25, -0.2) is 0 Å². The first kappa shape index (κ1) is 12.0. The summed E-state index contributed by atoms with van der Waals surface area (Å²) in [5.41, 5.74) is 0. The van der Waals surface area contributed by atoms with Crippen LogP contribution in [0.3, 0.4) is 0 Å². The largest absolute Gasteiger partial charge is 0.376 e. The highest BCUT2D eigenvalue weighted by atomic mass is 16.5. The molecule has 0 spiro atoms. The minimum absolute atomic E-state index is 0.142. The molecule has 4 nitrogen and oxygen atoms in total. The molecule has 0 N–H and O–H groups in total. The summed E-state index contributed by atoms with van der Waals surface area (Å²) in [4.78, 5) is 15.4. The molecule has 2 rings (SSSR count). The molecule has 0 aromatic rings. The van der Waals surface area contributed by atoms with E-state index in [9.17, 15) is 4.79 Å². The van der Waals surface area contributed by atoms with E-state index in [1.54, 1.807) is 0 Å². The molecule has 2 heterocycles. The van der Waals surface area contributed by atoms with Crippen molar-refractivity contribution in [2.75, 3.05) is 46.4 Å². The van der Waals surface area contributed by atoms with E-state index < -0.39 is 0 Å². The monoisotopic (exact) mass is 226 g/mol. The quantitative estimate of drug-likeness (QED) is 0.645. The molecule has 0 aromatic carbocycles. The van der Waals surface area contributed by atoms with E-state index in [-0.39, 0.29) is 5.92 Å². The van der Waals surface area contributed by atoms with Gasteiger partial charge in [-0.05, 0) is 19.9 Å². The average molecular weight is 226 g/mol. The Morgan fingerprint density at radius 3 is 2.56 bits per heavy atom. The zero-order valence-electron chi connectivity index (χ0n) is 10.1. The van der Waals surface area contributed by atoms with Crippen molar-refractivity contribution in [2.45, 2.75) is 18.9 Å². The standard InChI is InChI=1S/C12H22N2O2/c1-13-4-6-14(7-5-13)8-12-3-2-11(9-15)10-16-12/h9,11-12H,2-8,10H2,1H3/t11-,12-/m0/s1. The molecular formula is C12H22N2O2. The summed E-state index contributed by atoms with van der Waals surface area (Å²) in [6.45, 7) is 6.27. The fourth-order valence-electron chi connectivity index (χ4n) is 2.40. The first-order valence-electron chi connectivity index (χ1n) is 6.25. The van der Waals surface area contributed by atoms with Crippen LogP contribution in [0.2, 0.25) is 0 Å². The van der Waals surface area contributed by atoms with Crippen molar-refractivity contribution in [3.05, 3.63) is 0 Å². The maximum absolute atomic E-state index is 10.6. The topological polar surface area (TPSA) is 32.8 Å². The van der Waals surface area contributed by atoms with Crippen LogP contribution in [-0.2, 0) is 9.53 Å². The number of piperazine rings is 1. The van der Waals surface area contributed by atoms with Crippen LogP contribution in [0, 0.1) is 5.92 Å². The van der Waals surface area contributed by atoms with Crippen molar-refractivity contribution < 1.29 is 9.53 Å². The highest BCUT2D eigenvalue weighted by molar-refractivity contribution is 5.53. The first-order chi connectivity index (χ1) is 7.78. The van der Waals surface area contributed by atoms with Gasteiger partial charge in [0, 0.05) is 38.6 Å². The van der Waals surface area contributed by atoms with Gasteiger partial charge in [0.25, 0.3) is 0 Å². The van der Waals surface area contributed by atoms with E-state index in [1.807, 2.05) is 0 Å². The van der Waals surface area contributed by atoms with Gasteiger partial charge >= 0.3 is 0 Å². The third-order valence-corrected chi connectivity index (χ3v) is 3.66. The molecule has 2 fully saturated rings. The van der Waals surface area contributed by atoms with Crippen molar-refractivity contribution in [3.8, 4) is 0 Å². The Morgan fingerprint density at radius 1 is 1.25 bits per heavy atom. The Hall–Kier alpha value is -0.450. The van der Waals surface area contributed by atoms with Gasteiger partial charge in [0.15, 0.2) is 0 Å². The molecule has 4 heteroatoms. The molecule has 2 aliphatic rings. The van der Waals surface area contributed by atoms with Gasteiger partial charge < -0.3 is 14.4 Å². The van der Waals surface area contributed by atoms with Crippen molar-refractivity contribution in [2.24, 2.45) is 5.92 Å². The number of aldehydes is 1. The van der Waals surface area contributed by atoms with Crippen molar-refractivity contribution in [1.29, 1.82) is 0 Å². The molecule has 16 heavy (non-hydrogen) atoms. The zero-order valence-corrected chi connectivity index (χ0v) is 10.1. The predicted molar refractivity (Wildman–Crippen MR) is 62.5 cm³/mol.